The zero-order valence-electron chi connectivity index (χ0n) is 3.83. The zero-order valence-corrected chi connectivity index (χ0v) is 8.32. The summed E-state index contributed by atoms with van der Waals surface area (Å²) in [6, 6.07) is 0. The van der Waals surface area contributed by atoms with Gasteiger partial charge in [-0.3, -0.25) is 0 Å². The van der Waals surface area contributed by atoms with Crippen LogP contribution in [0, 0.1) is 0 Å². The summed E-state index contributed by atoms with van der Waals surface area (Å²) in [5.74, 6) is 0. The first-order chi connectivity index (χ1) is 3.39. The van der Waals surface area contributed by atoms with E-state index in [0.717, 1.165) is 0 Å². The Morgan fingerprint density at radius 2 is 2.57 bits per heavy atom. The normalized spacial score (nSPS) is 14.6. The Hall–Kier alpha value is 0.267. The molecule has 0 aromatic heterocycles. The Balaban J connectivity index is 2.82. The van der Waals surface area contributed by atoms with Crippen molar-refractivity contribution in [2.24, 2.45) is 0 Å². The molecule has 0 saturated heterocycles. The van der Waals surface area contributed by atoms with E-state index < -0.39 is 23.5 Å². The SMILES string of the molecule is OC1=CC=[CH][Tl]=[B]1. The second-order valence-electron chi connectivity index (χ2n) is 1.34. The van der Waals surface area contributed by atoms with Gasteiger partial charge in [-0.15, -0.1) is 0 Å². The summed E-state index contributed by atoms with van der Waals surface area (Å²) in [4.78, 5) is 0. The summed E-state index contributed by atoms with van der Waals surface area (Å²) in [7, 11) is 0. The second kappa shape index (κ2) is 2.54. The van der Waals surface area contributed by atoms with Gasteiger partial charge in [-0.05, 0) is 0 Å². The summed E-state index contributed by atoms with van der Waals surface area (Å²) in [5, 5.41) is 8.72. The van der Waals surface area contributed by atoms with Crippen LogP contribution in [0.2, 0.25) is 0 Å². The molecule has 1 N–H and O–H groups in total. The number of hydrogen-bond acceptors (Lipinski definition) is 1. The molecule has 0 aromatic carbocycles. The van der Waals surface area contributed by atoms with E-state index in [1.165, 1.54) is 0 Å². The molecular formula is C4H4BOTl. The fourth-order valence-corrected chi connectivity index (χ4v) is 2.99. The summed E-state index contributed by atoms with van der Waals surface area (Å²) in [6.45, 7) is 0. The van der Waals surface area contributed by atoms with Gasteiger partial charge in [-0.1, -0.05) is 0 Å². The first-order valence-corrected chi connectivity index (χ1v) is 7.32. The van der Waals surface area contributed by atoms with Crippen LogP contribution in [-0.4, -0.2) is 32.8 Å². The van der Waals surface area contributed by atoms with Crippen molar-refractivity contribution in [3.63, 3.8) is 0 Å². The van der Waals surface area contributed by atoms with Crippen LogP contribution in [0.25, 0.3) is 0 Å². The van der Waals surface area contributed by atoms with Crippen molar-refractivity contribution < 1.29 is 5.11 Å². The zero-order chi connectivity index (χ0) is 5.11. The van der Waals surface area contributed by atoms with E-state index in [9.17, 15) is 0 Å². The number of aliphatic hydroxyl groups excluding tert-OH is 1. The van der Waals surface area contributed by atoms with E-state index >= 15 is 0 Å². The quantitative estimate of drug-likeness (QED) is 0.631. The first kappa shape index (κ1) is 5.40. The van der Waals surface area contributed by atoms with Crippen molar-refractivity contribution >= 4 is 27.7 Å². The standard InChI is InChI=1S/C4H4BO.Tl/c1-2-3-4(5)6;/h1-3,6H;. The Kier molecular flexibility index (Phi) is 1.96. The van der Waals surface area contributed by atoms with Crippen LogP contribution in [0.1, 0.15) is 0 Å². The van der Waals surface area contributed by atoms with Crippen LogP contribution in [0.3, 0.4) is 0 Å². The third kappa shape index (κ3) is 1.67. The molecule has 0 spiro atoms. The van der Waals surface area contributed by atoms with Crippen molar-refractivity contribution in [2.45, 2.75) is 0 Å². The van der Waals surface area contributed by atoms with Crippen molar-refractivity contribution in [1.29, 1.82) is 0 Å². The summed E-state index contributed by atoms with van der Waals surface area (Å²) >= 11 is -0.676. The number of hydrogen-bond donors (Lipinski definition) is 1. The molecule has 1 aliphatic rings. The van der Waals surface area contributed by atoms with Gasteiger partial charge in [-0.2, -0.15) is 0 Å². The van der Waals surface area contributed by atoms with E-state index in [0.29, 0.717) is 5.66 Å². The Bertz CT molecular complexity index is 148. The van der Waals surface area contributed by atoms with Crippen LogP contribution < -0.4 is 0 Å². The molecule has 0 saturated carbocycles. The number of aliphatic hydroxyl groups is 1. The molecule has 1 rings (SSSR count). The van der Waals surface area contributed by atoms with Gasteiger partial charge in [0.2, 0.25) is 0 Å². The molecule has 7 heavy (non-hydrogen) atoms. The summed E-state index contributed by atoms with van der Waals surface area (Å²) in [6.07, 6.45) is 3.66. The molecule has 0 aromatic rings. The average molecular weight is 283 g/mol. The Morgan fingerprint density at radius 1 is 1.71 bits per heavy atom. The second-order valence-corrected chi connectivity index (χ2v) is 5.62. The van der Waals surface area contributed by atoms with Crippen molar-refractivity contribution in [1.82, 2.24) is 0 Å². The van der Waals surface area contributed by atoms with E-state index in [4.69, 9.17) is 5.11 Å². The van der Waals surface area contributed by atoms with E-state index in [-0.39, 0.29) is 0 Å². The predicted octanol–water partition coefficient (Wildman–Crippen LogP) is 0.236. The van der Waals surface area contributed by atoms with Gasteiger partial charge in [0, 0.05) is 0 Å². The first-order valence-electron chi connectivity index (χ1n) is 2.13. The van der Waals surface area contributed by atoms with Crippen LogP contribution in [0.5, 0.6) is 0 Å². The molecule has 3 heteroatoms. The van der Waals surface area contributed by atoms with Crippen molar-refractivity contribution in [2.75, 3.05) is 0 Å². The maximum atomic E-state index is 8.72. The molecule has 0 amide bonds. The van der Waals surface area contributed by atoms with E-state index in [2.05, 4.69) is 3.64 Å². The molecule has 0 aliphatic carbocycles. The molecule has 32 valence electrons. The molecule has 0 bridgehead atoms. The average Bonchev–Trinajstić information content (AvgIpc) is 1.69. The fraction of sp³-hybridized carbons (Fsp3) is 0. The van der Waals surface area contributed by atoms with Gasteiger partial charge in [-0.25, -0.2) is 0 Å². The van der Waals surface area contributed by atoms with Gasteiger partial charge >= 0.3 is 54.3 Å². The van der Waals surface area contributed by atoms with Crippen LogP contribution in [0.4, 0.5) is 0 Å². The van der Waals surface area contributed by atoms with Gasteiger partial charge in [0.15, 0.2) is 0 Å². The Morgan fingerprint density at radius 3 is 2.86 bits per heavy atom. The van der Waals surface area contributed by atoms with Gasteiger partial charge in [0.25, 0.3) is 0 Å². The van der Waals surface area contributed by atoms with Gasteiger partial charge < -0.3 is 0 Å². The van der Waals surface area contributed by atoms with Crippen LogP contribution >= 0.6 is 0 Å². The summed E-state index contributed by atoms with van der Waals surface area (Å²) < 4.78 is 4.17. The molecule has 1 aliphatic heterocycles. The number of rotatable bonds is 0. The van der Waals surface area contributed by atoms with Gasteiger partial charge in [0.05, 0.1) is 0 Å². The van der Waals surface area contributed by atoms with E-state index in [1.807, 2.05) is 10.3 Å². The van der Waals surface area contributed by atoms with Crippen LogP contribution in [-0.2, 0) is 0 Å². The number of allylic oxidation sites excluding steroid dienone is 2. The Labute approximate surface area is 54.3 Å². The topological polar surface area (TPSA) is 20.2 Å². The maximum absolute atomic E-state index is 8.72. The molecule has 0 radical (unpaired) electrons. The third-order valence-electron chi connectivity index (χ3n) is 0.756. The molecule has 0 unspecified atom stereocenters. The monoisotopic (exact) mass is 284 g/mol. The fourth-order valence-electron chi connectivity index (χ4n) is 0.428. The summed E-state index contributed by atoms with van der Waals surface area (Å²) in [5.41, 5.74) is 0.470. The third-order valence-corrected chi connectivity index (χ3v) is 4.56. The molecular weight excluding hydrogens is 279 g/mol. The minimum absolute atomic E-state index is 0.470. The van der Waals surface area contributed by atoms with Crippen LogP contribution in [0.15, 0.2) is 21.4 Å². The van der Waals surface area contributed by atoms with Crippen molar-refractivity contribution in [3.05, 3.63) is 21.4 Å². The molecule has 1 nitrogen and oxygen atoms in total. The molecule has 0 fully saturated rings. The molecule has 0 atom stereocenters. The minimum atomic E-state index is -0.676. The van der Waals surface area contributed by atoms with Gasteiger partial charge in [0.1, 0.15) is 0 Å². The molecule has 1 heterocycles. The predicted molar refractivity (Wildman–Crippen MR) is 31.4 cm³/mol. The van der Waals surface area contributed by atoms with Crippen molar-refractivity contribution in [3.8, 4) is 0 Å². The van der Waals surface area contributed by atoms with E-state index in [1.54, 1.807) is 6.08 Å².